The van der Waals surface area contributed by atoms with Crippen LogP contribution in [0.1, 0.15) is 30.2 Å². The first-order chi connectivity index (χ1) is 15.1. The third-order valence-corrected chi connectivity index (χ3v) is 4.56. The van der Waals surface area contributed by atoms with Crippen LogP contribution in [0.4, 0.5) is 11.5 Å². The van der Waals surface area contributed by atoms with Crippen LogP contribution in [-0.4, -0.2) is 61.0 Å². The molecule has 160 valence electrons. The molecule has 3 heterocycles. The van der Waals surface area contributed by atoms with Gasteiger partial charge < -0.3 is 15.4 Å². The van der Waals surface area contributed by atoms with Gasteiger partial charge in [0.2, 0.25) is 5.82 Å². The van der Waals surface area contributed by atoms with E-state index in [0.29, 0.717) is 35.9 Å². The number of methoxy groups -OCH3 is 1. The zero-order chi connectivity index (χ0) is 21.8. The summed E-state index contributed by atoms with van der Waals surface area (Å²) in [7, 11) is 1.59. The van der Waals surface area contributed by atoms with Crippen LogP contribution in [0, 0.1) is 0 Å². The normalized spacial score (nSPS) is 11.2. The third-order valence-electron chi connectivity index (χ3n) is 4.56. The van der Waals surface area contributed by atoms with E-state index in [1.165, 1.54) is 6.33 Å². The summed E-state index contributed by atoms with van der Waals surface area (Å²) >= 11 is 0. The van der Waals surface area contributed by atoms with Gasteiger partial charge >= 0.3 is 0 Å². The molecular formula is C20H23N9O2. The van der Waals surface area contributed by atoms with E-state index in [2.05, 4.69) is 36.1 Å². The molecule has 0 bridgehead atoms. The molecule has 11 nitrogen and oxygen atoms in total. The lowest BCUT2D eigenvalue weighted by molar-refractivity contribution is 0.0939. The van der Waals surface area contributed by atoms with Crippen LogP contribution in [0.25, 0.3) is 16.9 Å². The van der Waals surface area contributed by atoms with E-state index in [1.54, 1.807) is 28.7 Å². The Morgan fingerprint density at radius 1 is 1.26 bits per heavy atom. The molecule has 0 fully saturated rings. The molecule has 2 N–H and O–H groups in total. The molecule has 11 heteroatoms. The van der Waals surface area contributed by atoms with E-state index in [-0.39, 0.29) is 11.9 Å². The van der Waals surface area contributed by atoms with Crippen molar-refractivity contribution >= 4 is 22.9 Å². The van der Waals surface area contributed by atoms with Crippen LogP contribution in [0.5, 0.6) is 0 Å². The molecule has 0 spiro atoms. The summed E-state index contributed by atoms with van der Waals surface area (Å²) in [4.78, 5) is 18.5. The zero-order valence-electron chi connectivity index (χ0n) is 17.5. The van der Waals surface area contributed by atoms with Crippen LogP contribution in [-0.2, 0) is 4.74 Å². The van der Waals surface area contributed by atoms with Crippen LogP contribution in [0.2, 0.25) is 0 Å². The van der Waals surface area contributed by atoms with Crippen molar-refractivity contribution in [1.82, 2.24) is 40.1 Å². The molecule has 3 aromatic heterocycles. The fourth-order valence-corrected chi connectivity index (χ4v) is 3.02. The van der Waals surface area contributed by atoms with E-state index < -0.39 is 0 Å². The predicted molar refractivity (Wildman–Crippen MR) is 114 cm³/mol. The largest absolute Gasteiger partial charge is 0.383 e. The highest BCUT2D eigenvalue weighted by Crippen LogP contribution is 2.25. The first kappa shape index (κ1) is 20.4. The molecule has 0 saturated carbocycles. The van der Waals surface area contributed by atoms with Gasteiger partial charge in [-0.15, -0.1) is 10.2 Å². The van der Waals surface area contributed by atoms with Crippen molar-refractivity contribution < 1.29 is 9.53 Å². The summed E-state index contributed by atoms with van der Waals surface area (Å²) in [5, 5.41) is 22.9. The Hall–Kier alpha value is -3.86. The standard InChI is InChI=1S/C20H23N9O2/c1-13(2)29-26-18(25-27-29)14-5-4-6-15(11-14)24-19-17-16(20(30)21-8-10-31-3)7-9-28(17)23-12-22-19/h4-7,9,11-13H,8,10H2,1-3H3,(H,21,30)(H,22,23,24). The number of aromatic nitrogens is 7. The third kappa shape index (κ3) is 4.36. The summed E-state index contributed by atoms with van der Waals surface area (Å²) in [5.74, 6) is 0.819. The second-order valence-electron chi connectivity index (χ2n) is 7.11. The average molecular weight is 421 g/mol. The molecule has 31 heavy (non-hydrogen) atoms. The quantitative estimate of drug-likeness (QED) is 0.415. The molecule has 0 radical (unpaired) electrons. The number of hydrogen-bond acceptors (Lipinski definition) is 8. The molecule has 1 amide bonds. The Kier molecular flexibility index (Phi) is 5.85. The minimum Gasteiger partial charge on any atom is -0.383 e. The number of fused-ring (bicyclic) bond motifs is 1. The Balaban J connectivity index is 1.63. The predicted octanol–water partition coefficient (Wildman–Crippen LogP) is 2.08. The summed E-state index contributed by atoms with van der Waals surface area (Å²) in [6, 6.07) is 9.44. The van der Waals surface area contributed by atoms with Gasteiger partial charge in [-0.05, 0) is 37.3 Å². The zero-order valence-corrected chi connectivity index (χ0v) is 17.5. The molecular weight excluding hydrogens is 398 g/mol. The number of hydrogen-bond donors (Lipinski definition) is 2. The van der Waals surface area contributed by atoms with Crippen LogP contribution >= 0.6 is 0 Å². The topological polar surface area (TPSA) is 124 Å². The molecule has 4 aromatic rings. The lowest BCUT2D eigenvalue weighted by Crippen LogP contribution is -2.27. The van der Waals surface area contributed by atoms with Gasteiger partial charge in [-0.25, -0.2) is 9.50 Å². The molecule has 0 unspecified atom stereocenters. The lowest BCUT2D eigenvalue weighted by Gasteiger charge is -2.10. The van der Waals surface area contributed by atoms with Crippen molar-refractivity contribution in [3.63, 3.8) is 0 Å². The molecule has 0 aliphatic carbocycles. The van der Waals surface area contributed by atoms with E-state index in [9.17, 15) is 4.79 Å². The fourth-order valence-electron chi connectivity index (χ4n) is 3.02. The number of carbonyl (C=O) groups is 1. The Bertz CT molecular complexity index is 1200. The van der Waals surface area contributed by atoms with Crippen molar-refractivity contribution in [3.05, 3.63) is 48.4 Å². The maximum Gasteiger partial charge on any atom is 0.253 e. The van der Waals surface area contributed by atoms with Gasteiger partial charge in [0.15, 0.2) is 5.82 Å². The van der Waals surface area contributed by atoms with Crippen molar-refractivity contribution in [2.24, 2.45) is 0 Å². The highest BCUT2D eigenvalue weighted by molar-refractivity contribution is 6.04. The molecule has 0 aliphatic rings. The molecule has 0 aliphatic heterocycles. The number of anilines is 2. The van der Waals surface area contributed by atoms with Crippen molar-refractivity contribution in [1.29, 1.82) is 0 Å². The van der Waals surface area contributed by atoms with Gasteiger partial charge in [0.1, 0.15) is 11.8 Å². The highest BCUT2D eigenvalue weighted by Gasteiger charge is 2.17. The van der Waals surface area contributed by atoms with Crippen molar-refractivity contribution in [3.8, 4) is 11.4 Å². The number of nitrogens with one attached hydrogen (secondary N) is 2. The number of rotatable bonds is 8. The SMILES string of the molecule is COCCNC(=O)c1ccn2ncnc(Nc3cccc(-c4nnn(C(C)C)n4)c3)c12. The van der Waals surface area contributed by atoms with Crippen LogP contribution < -0.4 is 10.6 Å². The van der Waals surface area contributed by atoms with E-state index >= 15 is 0 Å². The first-order valence-electron chi connectivity index (χ1n) is 9.83. The van der Waals surface area contributed by atoms with Gasteiger partial charge in [-0.3, -0.25) is 4.79 Å². The minimum absolute atomic E-state index is 0.125. The summed E-state index contributed by atoms with van der Waals surface area (Å²) < 4.78 is 6.60. The number of carbonyl (C=O) groups excluding carboxylic acids is 1. The smallest absolute Gasteiger partial charge is 0.253 e. The Morgan fingerprint density at radius 3 is 2.90 bits per heavy atom. The molecule has 0 saturated heterocycles. The number of amides is 1. The number of tetrazole rings is 1. The van der Waals surface area contributed by atoms with Gasteiger partial charge in [0, 0.05) is 31.1 Å². The van der Waals surface area contributed by atoms with Crippen LogP contribution in [0.15, 0.2) is 42.9 Å². The van der Waals surface area contributed by atoms with Crippen molar-refractivity contribution in [2.45, 2.75) is 19.9 Å². The van der Waals surface area contributed by atoms with Gasteiger partial charge in [0.25, 0.3) is 5.91 Å². The Labute approximate surface area is 178 Å². The van der Waals surface area contributed by atoms with E-state index in [0.717, 1.165) is 11.3 Å². The lowest BCUT2D eigenvalue weighted by atomic mass is 10.2. The molecule has 4 rings (SSSR count). The Morgan fingerprint density at radius 2 is 2.13 bits per heavy atom. The first-order valence-corrected chi connectivity index (χ1v) is 9.83. The monoisotopic (exact) mass is 421 g/mol. The van der Waals surface area contributed by atoms with Gasteiger partial charge in [0.05, 0.1) is 18.2 Å². The summed E-state index contributed by atoms with van der Waals surface area (Å²) in [6.45, 7) is 4.82. The summed E-state index contributed by atoms with van der Waals surface area (Å²) in [5.41, 5.74) is 2.63. The summed E-state index contributed by atoms with van der Waals surface area (Å²) in [6.07, 6.45) is 3.15. The number of nitrogens with zero attached hydrogens (tertiary/aromatic N) is 7. The van der Waals surface area contributed by atoms with Crippen LogP contribution in [0.3, 0.4) is 0 Å². The second-order valence-corrected chi connectivity index (χ2v) is 7.11. The van der Waals surface area contributed by atoms with E-state index in [1.807, 2.05) is 38.1 Å². The van der Waals surface area contributed by atoms with E-state index in [4.69, 9.17) is 4.74 Å². The molecule has 1 aromatic carbocycles. The molecule has 0 atom stereocenters. The fraction of sp³-hybridized carbons (Fsp3) is 0.300. The highest BCUT2D eigenvalue weighted by atomic mass is 16.5. The number of ether oxygens (including phenoxy) is 1. The average Bonchev–Trinajstić information content (AvgIpc) is 3.42. The minimum atomic E-state index is -0.222. The van der Waals surface area contributed by atoms with Gasteiger partial charge in [-0.1, -0.05) is 12.1 Å². The maximum absolute atomic E-state index is 12.6. The van der Waals surface area contributed by atoms with Gasteiger partial charge in [-0.2, -0.15) is 9.90 Å². The maximum atomic E-state index is 12.6. The second kappa shape index (κ2) is 8.88. The number of benzene rings is 1. The van der Waals surface area contributed by atoms with Crippen molar-refractivity contribution in [2.75, 3.05) is 25.6 Å².